The lowest BCUT2D eigenvalue weighted by molar-refractivity contribution is -0.153. The lowest BCUT2D eigenvalue weighted by Gasteiger charge is -2.25. The molecule has 0 fully saturated rings. The molecule has 33 heavy (non-hydrogen) atoms. The average Bonchev–Trinajstić information content (AvgIpc) is 3.05. The minimum absolute atomic E-state index is 0.0557. The lowest BCUT2D eigenvalue weighted by Crippen LogP contribution is -2.38. The van der Waals surface area contributed by atoms with E-state index in [1.807, 2.05) is 13.8 Å². The number of esters is 1. The molecule has 2 aromatic rings. The van der Waals surface area contributed by atoms with Crippen molar-refractivity contribution in [1.82, 2.24) is 19.7 Å². The van der Waals surface area contributed by atoms with Crippen molar-refractivity contribution in [3.8, 4) is 5.88 Å². The number of ether oxygens (including phenoxy) is 2. The standard InChI is InChI=1S/C21H29F3N6O3/c1-7-32-18(31)20(5,6)30-17-15(14(29-30)11(2)3)27-19-25-10-13(21(22,23)24)16(28-19)26-12(4)8-9-33-17/h10-12H,7-9H2,1-6H3,(H2,25,26,27,28)/t12-/m1/s1. The molecule has 1 aliphatic heterocycles. The van der Waals surface area contributed by atoms with Gasteiger partial charge in [0, 0.05) is 18.7 Å². The normalized spacial score (nSPS) is 16.7. The maximum absolute atomic E-state index is 13.5. The third-order valence-corrected chi connectivity index (χ3v) is 5.23. The van der Waals surface area contributed by atoms with Gasteiger partial charge in [-0.15, -0.1) is 0 Å². The number of nitrogens with one attached hydrogen (secondary N) is 2. The van der Waals surface area contributed by atoms with Crippen LogP contribution in [-0.2, 0) is 21.2 Å². The van der Waals surface area contributed by atoms with Crippen LogP contribution in [0.3, 0.4) is 0 Å². The van der Waals surface area contributed by atoms with Gasteiger partial charge in [0.05, 0.1) is 18.9 Å². The Labute approximate surface area is 190 Å². The van der Waals surface area contributed by atoms with Gasteiger partial charge in [-0.2, -0.15) is 23.3 Å². The van der Waals surface area contributed by atoms with Crippen LogP contribution in [0.5, 0.6) is 5.88 Å². The van der Waals surface area contributed by atoms with Gasteiger partial charge < -0.3 is 20.1 Å². The van der Waals surface area contributed by atoms with Crippen LogP contribution in [-0.4, -0.2) is 45.0 Å². The fourth-order valence-corrected chi connectivity index (χ4v) is 3.36. The first kappa shape index (κ1) is 24.6. The Bertz CT molecular complexity index is 1020. The minimum Gasteiger partial charge on any atom is -0.476 e. The minimum atomic E-state index is -4.61. The van der Waals surface area contributed by atoms with Gasteiger partial charge in [-0.3, -0.25) is 0 Å². The molecular weight excluding hydrogens is 441 g/mol. The van der Waals surface area contributed by atoms with Gasteiger partial charge in [-0.25, -0.2) is 14.5 Å². The maximum atomic E-state index is 13.5. The van der Waals surface area contributed by atoms with Crippen molar-refractivity contribution in [2.45, 2.75) is 71.6 Å². The van der Waals surface area contributed by atoms with Gasteiger partial charge in [0.25, 0.3) is 0 Å². The monoisotopic (exact) mass is 470 g/mol. The summed E-state index contributed by atoms with van der Waals surface area (Å²) in [6.07, 6.45) is -3.50. The van der Waals surface area contributed by atoms with Crippen molar-refractivity contribution in [1.29, 1.82) is 0 Å². The smallest absolute Gasteiger partial charge is 0.421 e. The van der Waals surface area contributed by atoms with E-state index < -0.39 is 23.2 Å². The molecule has 0 saturated carbocycles. The molecule has 3 heterocycles. The van der Waals surface area contributed by atoms with E-state index in [1.165, 1.54) is 4.68 Å². The van der Waals surface area contributed by atoms with Crippen LogP contribution < -0.4 is 15.4 Å². The third-order valence-electron chi connectivity index (χ3n) is 5.23. The first-order valence-corrected chi connectivity index (χ1v) is 10.8. The van der Waals surface area contributed by atoms with Gasteiger partial charge in [0.2, 0.25) is 11.8 Å². The Kier molecular flexibility index (Phi) is 6.75. The van der Waals surface area contributed by atoms with Crippen LogP contribution in [0.2, 0.25) is 0 Å². The van der Waals surface area contributed by atoms with Crippen molar-refractivity contribution in [3.63, 3.8) is 0 Å². The van der Waals surface area contributed by atoms with E-state index in [9.17, 15) is 18.0 Å². The first-order chi connectivity index (χ1) is 15.4. The Morgan fingerprint density at radius 3 is 2.67 bits per heavy atom. The molecule has 0 saturated heterocycles. The quantitative estimate of drug-likeness (QED) is 0.633. The number of aromatic nitrogens is 4. The second-order valence-electron chi connectivity index (χ2n) is 8.67. The number of rotatable bonds is 4. The fourth-order valence-electron chi connectivity index (χ4n) is 3.36. The highest BCUT2D eigenvalue weighted by Crippen LogP contribution is 2.40. The summed E-state index contributed by atoms with van der Waals surface area (Å²) in [7, 11) is 0. The molecule has 182 valence electrons. The van der Waals surface area contributed by atoms with Gasteiger partial charge in [-0.1, -0.05) is 13.8 Å². The molecule has 2 aromatic heterocycles. The van der Waals surface area contributed by atoms with E-state index >= 15 is 0 Å². The Morgan fingerprint density at radius 2 is 2.06 bits per heavy atom. The van der Waals surface area contributed by atoms with E-state index in [0.717, 1.165) is 6.20 Å². The summed E-state index contributed by atoms with van der Waals surface area (Å²) in [4.78, 5) is 20.7. The predicted octanol–water partition coefficient (Wildman–Crippen LogP) is 4.44. The van der Waals surface area contributed by atoms with Crippen molar-refractivity contribution >= 4 is 23.4 Å². The molecule has 0 unspecified atom stereocenters. The van der Waals surface area contributed by atoms with Crippen LogP contribution in [0.15, 0.2) is 6.20 Å². The molecule has 1 atom stereocenters. The molecule has 3 rings (SSSR count). The summed E-state index contributed by atoms with van der Waals surface area (Å²) < 4.78 is 53.1. The zero-order valence-electron chi connectivity index (χ0n) is 19.5. The average molecular weight is 470 g/mol. The molecule has 0 radical (unpaired) electrons. The molecule has 1 aliphatic rings. The van der Waals surface area contributed by atoms with E-state index in [1.54, 1.807) is 27.7 Å². The number of hydrogen-bond donors (Lipinski definition) is 2. The first-order valence-electron chi connectivity index (χ1n) is 10.8. The second kappa shape index (κ2) is 9.06. The Balaban J connectivity index is 2.18. The van der Waals surface area contributed by atoms with Gasteiger partial charge in [0.15, 0.2) is 5.54 Å². The largest absolute Gasteiger partial charge is 0.476 e. The molecule has 0 spiro atoms. The van der Waals surface area contributed by atoms with Crippen molar-refractivity contribution < 1.29 is 27.4 Å². The van der Waals surface area contributed by atoms with E-state index in [0.29, 0.717) is 17.8 Å². The van der Waals surface area contributed by atoms with Crippen molar-refractivity contribution in [2.24, 2.45) is 0 Å². The zero-order chi connectivity index (χ0) is 24.6. The second-order valence-corrected chi connectivity index (χ2v) is 8.67. The van der Waals surface area contributed by atoms with Gasteiger partial charge in [0.1, 0.15) is 17.1 Å². The number of carbonyl (C=O) groups excluding carboxylic acids is 1. The molecule has 9 nitrogen and oxygen atoms in total. The maximum Gasteiger partial charge on any atom is 0.421 e. The number of anilines is 3. The van der Waals surface area contributed by atoms with Gasteiger partial charge in [-0.05, 0) is 33.6 Å². The van der Waals surface area contributed by atoms with E-state index in [2.05, 4.69) is 25.7 Å². The van der Waals surface area contributed by atoms with Crippen LogP contribution in [0.4, 0.5) is 30.6 Å². The summed E-state index contributed by atoms with van der Waals surface area (Å²) in [6, 6.07) is -0.380. The summed E-state index contributed by atoms with van der Waals surface area (Å²) in [5, 5.41) is 10.4. The molecular formula is C21H29F3N6O3. The summed E-state index contributed by atoms with van der Waals surface area (Å²) >= 11 is 0. The van der Waals surface area contributed by atoms with Crippen LogP contribution in [0.1, 0.15) is 65.1 Å². The van der Waals surface area contributed by atoms with E-state index in [4.69, 9.17) is 9.47 Å². The van der Waals surface area contributed by atoms with Crippen LogP contribution in [0, 0.1) is 0 Å². The summed E-state index contributed by atoms with van der Waals surface area (Å²) in [6.45, 7) is 10.9. The molecule has 0 amide bonds. The highest BCUT2D eigenvalue weighted by atomic mass is 19.4. The number of nitrogens with zero attached hydrogens (tertiary/aromatic N) is 4. The Morgan fingerprint density at radius 1 is 1.36 bits per heavy atom. The van der Waals surface area contributed by atoms with Gasteiger partial charge >= 0.3 is 12.1 Å². The van der Waals surface area contributed by atoms with Crippen molar-refractivity contribution in [3.05, 3.63) is 17.5 Å². The fraction of sp³-hybridized carbons (Fsp3) is 0.619. The number of fused-ring (bicyclic) bond motifs is 3. The third kappa shape index (κ3) is 4.98. The predicted molar refractivity (Wildman–Crippen MR) is 116 cm³/mol. The van der Waals surface area contributed by atoms with Crippen LogP contribution >= 0.6 is 0 Å². The number of carbonyl (C=O) groups is 1. The number of alkyl halides is 3. The van der Waals surface area contributed by atoms with Crippen LogP contribution in [0.25, 0.3) is 0 Å². The lowest BCUT2D eigenvalue weighted by atomic mass is 10.1. The summed E-state index contributed by atoms with van der Waals surface area (Å²) in [5.74, 6) is -0.714. The Hall–Kier alpha value is -3.05. The topological polar surface area (TPSA) is 103 Å². The highest BCUT2D eigenvalue weighted by Gasteiger charge is 2.39. The number of hydrogen-bond acceptors (Lipinski definition) is 8. The highest BCUT2D eigenvalue weighted by molar-refractivity contribution is 5.79. The molecule has 0 aromatic carbocycles. The molecule has 2 N–H and O–H groups in total. The molecule has 0 aliphatic carbocycles. The van der Waals surface area contributed by atoms with E-state index in [-0.39, 0.29) is 42.8 Å². The SMILES string of the molecule is CCOC(=O)C(C)(C)n1nc(C(C)C)c2c1OCC[C@@H](C)Nc1nc(ncc1C(F)(F)F)N2. The summed E-state index contributed by atoms with van der Waals surface area (Å²) in [5.41, 5.74) is -1.22. The van der Waals surface area contributed by atoms with Crippen molar-refractivity contribution in [2.75, 3.05) is 23.8 Å². The number of halogens is 3. The molecule has 12 heteroatoms. The zero-order valence-corrected chi connectivity index (χ0v) is 19.5. The molecule has 2 bridgehead atoms.